The molecule has 7 rings (SSSR count). The predicted molar refractivity (Wildman–Crippen MR) is 163 cm³/mol. The van der Waals surface area contributed by atoms with Crippen LogP contribution in [0.3, 0.4) is 0 Å². The van der Waals surface area contributed by atoms with E-state index in [9.17, 15) is 0 Å². The van der Waals surface area contributed by atoms with Crippen molar-refractivity contribution in [3.05, 3.63) is 146 Å². The van der Waals surface area contributed by atoms with Crippen molar-refractivity contribution in [2.24, 2.45) is 0 Å². The van der Waals surface area contributed by atoms with Crippen LogP contribution in [0.5, 0.6) is 0 Å². The molecule has 2 aromatic heterocycles. The van der Waals surface area contributed by atoms with Crippen molar-refractivity contribution in [2.75, 3.05) is 4.90 Å². The summed E-state index contributed by atoms with van der Waals surface area (Å²) in [7, 11) is 0. The number of hydrogen-bond donors (Lipinski definition) is 0. The molecule has 0 spiro atoms. The number of rotatable bonds is 5. The number of fused-ring (bicyclic) bond motifs is 3. The van der Waals surface area contributed by atoms with Gasteiger partial charge in [-0.3, -0.25) is 0 Å². The molecule has 0 bridgehead atoms. The van der Waals surface area contributed by atoms with Crippen LogP contribution in [0.15, 0.2) is 146 Å². The van der Waals surface area contributed by atoms with Gasteiger partial charge in [0.05, 0.1) is 0 Å². The molecule has 0 aliphatic rings. The van der Waals surface area contributed by atoms with E-state index in [0.717, 1.165) is 21.9 Å². The first-order chi connectivity index (χ1) is 18.8. The van der Waals surface area contributed by atoms with Crippen LogP contribution in [0, 0.1) is 0 Å². The zero-order valence-electron chi connectivity index (χ0n) is 20.7. The second-order valence-electron chi connectivity index (χ2n) is 9.30. The highest BCUT2D eigenvalue weighted by atomic mass is 32.1. The maximum atomic E-state index is 4.59. The molecule has 3 heteroatoms. The van der Waals surface area contributed by atoms with Crippen molar-refractivity contribution in [1.29, 1.82) is 0 Å². The van der Waals surface area contributed by atoms with Gasteiger partial charge in [-0.1, -0.05) is 84.9 Å². The SMILES string of the molecule is c1ccc(-c2ccc(N(c3ccc(-c4ccccc4)cc3)c3ccc4sc5ncccc5c4c3)cc2)cc1. The quantitative estimate of drug-likeness (QED) is 0.232. The molecular weight excluding hydrogens is 480 g/mol. The van der Waals surface area contributed by atoms with Crippen LogP contribution in [-0.4, -0.2) is 4.98 Å². The van der Waals surface area contributed by atoms with E-state index in [2.05, 4.69) is 143 Å². The van der Waals surface area contributed by atoms with Crippen molar-refractivity contribution in [3.63, 3.8) is 0 Å². The summed E-state index contributed by atoms with van der Waals surface area (Å²) >= 11 is 1.74. The second kappa shape index (κ2) is 9.62. The minimum Gasteiger partial charge on any atom is -0.310 e. The zero-order valence-corrected chi connectivity index (χ0v) is 21.5. The van der Waals surface area contributed by atoms with Gasteiger partial charge < -0.3 is 4.90 Å². The van der Waals surface area contributed by atoms with Gasteiger partial charge in [0.15, 0.2) is 0 Å². The number of benzene rings is 5. The van der Waals surface area contributed by atoms with Gasteiger partial charge in [-0.25, -0.2) is 4.98 Å². The van der Waals surface area contributed by atoms with Crippen LogP contribution in [-0.2, 0) is 0 Å². The lowest BCUT2D eigenvalue weighted by molar-refractivity contribution is 1.29. The van der Waals surface area contributed by atoms with Crippen molar-refractivity contribution >= 4 is 48.7 Å². The van der Waals surface area contributed by atoms with E-state index in [1.54, 1.807) is 11.3 Å². The van der Waals surface area contributed by atoms with Crippen molar-refractivity contribution in [2.45, 2.75) is 0 Å². The highest BCUT2D eigenvalue weighted by molar-refractivity contribution is 7.25. The van der Waals surface area contributed by atoms with Gasteiger partial charge in [0.2, 0.25) is 0 Å². The summed E-state index contributed by atoms with van der Waals surface area (Å²) in [4.78, 5) is 8.00. The Kier molecular flexibility index (Phi) is 5.69. The third-order valence-electron chi connectivity index (χ3n) is 6.95. The van der Waals surface area contributed by atoms with Crippen LogP contribution in [0.25, 0.3) is 42.6 Å². The van der Waals surface area contributed by atoms with Crippen LogP contribution in [0.4, 0.5) is 17.1 Å². The Hall–Kier alpha value is -4.73. The zero-order chi connectivity index (χ0) is 25.3. The molecule has 180 valence electrons. The van der Waals surface area contributed by atoms with Gasteiger partial charge in [0.25, 0.3) is 0 Å². The fourth-order valence-corrected chi connectivity index (χ4v) is 6.08. The van der Waals surface area contributed by atoms with E-state index in [1.165, 1.54) is 37.7 Å². The molecule has 38 heavy (non-hydrogen) atoms. The van der Waals surface area contributed by atoms with Gasteiger partial charge >= 0.3 is 0 Å². The standard InChI is InChI=1S/C35H24N2S/c1-3-8-25(9-4-1)27-13-17-29(18-14-27)37(30-19-15-28(16-20-30)26-10-5-2-6-11-26)31-21-22-34-33(24-31)32-12-7-23-36-35(32)38-34/h1-24H. The molecule has 0 unspecified atom stereocenters. The summed E-state index contributed by atoms with van der Waals surface area (Å²) in [6, 6.07) is 49.6. The van der Waals surface area contributed by atoms with Crippen LogP contribution in [0.1, 0.15) is 0 Å². The van der Waals surface area contributed by atoms with Crippen molar-refractivity contribution in [3.8, 4) is 22.3 Å². The Labute approximate surface area is 226 Å². The molecule has 2 nitrogen and oxygen atoms in total. The van der Waals surface area contributed by atoms with Crippen molar-refractivity contribution < 1.29 is 0 Å². The normalized spacial score (nSPS) is 11.2. The fourth-order valence-electron chi connectivity index (χ4n) is 5.05. The number of nitrogens with zero attached hydrogens (tertiary/aromatic N) is 2. The third-order valence-corrected chi connectivity index (χ3v) is 8.05. The molecule has 0 amide bonds. The highest BCUT2D eigenvalue weighted by Crippen LogP contribution is 2.40. The summed E-state index contributed by atoms with van der Waals surface area (Å²) in [6.45, 7) is 0. The Morgan fingerprint density at radius 1 is 0.447 bits per heavy atom. The number of thiophene rings is 1. The summed E-state index contributed by atoms with van der Waals surface area (Å²) < 4.78 is 1.25. The lowest BCUT2D eigenvalue weighted by Crippen LogP contribution is -2.09. The van der Waals surface area contributed by atoms with Gasteiger partial charge in [-0.05, 0) is 76.9 Å². The van der Waals surface area contributed by atoms with Gasteiger partial charge in [-0.2, -0.15) is 0 Å². The van der Waals surface area contributed by atoms with Crippen LogP contribution < -0.4 is 4.90 Å². The Balaban J connectivity index is 1.35. The van der Waals surface area contributed by atoms with Gasteiger partial charge in [-0.15, -0.1) is 11.3 Å². The lowest BCUT2D eigenvalue weighted by Gasteiger charge is -2.26. The topological polar surface area (TPSA) is 16.1 Å². The first kappa shape index (κ1) is 22.5. The molecule has 0 aliphatic heterocycles. The summed E-state index contributed by atoms with van der Waals surface area (Å²) in [5, 5.41) is 2.44. The summed E-state index contributed by atoms with van der Waals surface area (Å²) in [6.07, 6.45) is 1.87. The van der Waals surface area contributed by atoms with Crippen molar-refractivity contribution in [1.82, 2.24) is 4.98 Å². The van der Waals surface area contributed by atoms with E-state index < -0.39 is 0 Å². The molecule has 0 saturated heterocycles. The Morgan fingerprint density at radius 2 is 0.974 bits per heavy atom. The third kappa shape index (κ3) is 4.13. The number of hydrogen-bond acceptors (Lipinski definition) is 3. The van der Waals surface area contributed by atoms with E-state index in [1.807, 2.05) is 12.3 Å². The van der Waals surface area contributed by atoms with Gasteiger partial charge in [0.1, 0.15) is 4.83 Å². The maximum Gasteiger partial charge on any atom is 0.124 e. The number of anilines is 3. The fraction of sp³-hybridized carbons (Fsp3) is 0. The molecule has 0 aliphatic carbocycles. The van der Waals surface area contributed by atoms with E-state index in [-0.39, 0.29) is 0 Å². The minimum atomic E-state index is 1.07. The molecule has 7 aromatic rings. The molecule has 0 fully saturated rings. The number of aromatic nitrogens is 1. The Morgan fingerprint density at radius 3 is 1.55 bits per heavy atom. The largest absolute Gasteiger partial charge is 0.310 e. The first-order valence-electron chi connectivity index (χ1n) is 12.7. The summed E-state index contributed by atoms with van der Waals surface area (Å²) in [5.74, 6) is 0. The molecular formula is C35H24N2S. The number of pyridine rings is 1. The minimum absolute atomic E-state index is 1.07. The smallest absolute Gasteiger partial charge is 0.124 e. The Bertz CT molecular complexity index is 1760. The predicted octanol–water partition coefficient (Wildman–Crippen LogP) is 10.3. The monoisotopic (exact) mass is 504 g/mol. The molecule has 5 aromatic carbocycles. The molecule has 2 heterocycles. The van der Waals surface area contributed by atoms with Crippen LogP contribution in [0.2, 0.25) is 0 Å². The second-order valence-corrected chi connectivity index (χ2v) is 10.3. The highest BCUT2D eigenvalue weighted by Gasteiger charge is 2.15. The molecule has 0 saturated carbocycles. The lowest BCUT2D eigenvalue weighted by atomic mass is 10.0. The summed E-state index contributed by atoms with van der Waals surface area (Å²) in [5.41, 5.74) is 8.22. The van der Waals surface area contributed by atoms with E-state index in [0.29, 0.717) is 0 Å². The van der Waals surface area contributed by atoms with E-state index >= 15 is 0 Å². The maximum absolute atomic E-state index is 4.59. The average Bonchev–Trinajstić information content (AvgIpc) is 3.37. The molecule has 0 N–H and O–H groups in total. The molecule has 0 atom stereocenters. The molecule has 0 radical (unpaired) electrons. The van der Waals surface area contributed by atoms with Gasteiger partial charge in [0, 0.05) is 38.7 Å². The first-order valence-corrected chi connectivity index (χ1v) is 13.5. The average molecular weight is 505 g/mol. The van der Waals surface area contributed by atoms with E-state index in [4.69, 9.17) is 0 Å². The van der Waals surface area contributed by atoms with Crippen LogP contribution >= 0.6 is 11.3 Å².